The van der Waals surface area contributed by atoms with Crippen molar-refractivity contribution in [2.24, 2.45) is 0 Å². The summed E-state index contributed by atoms with van der Waals surface area (Å²) in [5.74, 6) is -1.04. The third kappa shape index (κ3) is 4.47. The van der Waals surface area contributed by atoms with Crippen LogP contribution in [0.3, 0.4) is 0 Å². The Hall–Kier alpha value is -1.66. The summed E-state index contributed by atoms with van der Waals surface area (Å²) in [7, 11) is 0. The predicted molar refractivity (Wildman–Crippen MR) is 76.4 cm³/mol. The fraction of sp³-hybridized carbons (Fsp3) is 0.429. The van der Waals surface area contributed by atoms with Gasteiger partial charge in [0.1, 0.15) is 6.10 Å². The molecule has 0 saturated carbocycles. The molecule has 1 fully saturated rings. The number of carboxylic acid groups (broad SMARTS) is 1. The molecule has 1 aromatic rings. The largest absolute Gasteiger partial charge is 0.478 e. The van der Waals surface area contributed by atoms with Gasteiger partial charge in [-0.3, -0.25) is 4.79 Å². The molecule has 1 aliphatic heterocycles. The van der Waals surface area contributed by atoms with Crippen LogP contribution in [-0.4, -0.2) is 29.7 Å². The molecule has 0 radical (unpaired) electrons. The highest BCUT2D eigenvalue weighted by molar-refractivity contribution is 7.12. The lowest BCUT2D eigenvalue weighted by molar-refractivity contribution is -0.135. The van der Waals surface area contributed by atoms with Crippen LogP contribution in [0.15, 0.2) is 18.2 Å². The number of hydrogen-bond acceptors (Lipinski definition) is 4. The molecular weight excluding hydrogens is 278 g/mol. The van der Waals surface area contributed by atoms with Crippen molar-refractivity contribution in [3.8, 4) is 0 Å². The summed E-state index contributed by atoms with van der Waals surface area (Å²) in [6, 6.07) is 3.72. The van der Waals surface area contributed by atoms with Crippen molar-refractivity contribution < 1.29 is 19.4 Å². The third-order valence-electron chi connectivity index (χ3n) is 2.98. The van der Waals surface area contributed by atoms with Crippen molar-refractivity contribution >= 4 is 29.3 Å². The van der Waals surface area contributed by atoms with E-state index >= 15 is 0 Å². The van der Waals surface area contributed by atoms with Crippen molar-refractivity contribution in [2.75, 3.05) is 6.61 Å². The fourth-order valence-corrected chi connectivity index (χ4v) is 2.82. The van der Waals surface area contributed by atoms with Gasteiger partial charge in [-0.15, -0.1) is 11.3 Å². The van der Waals surface area contributed by atoms with Crippen molar-refractivity contribution in [3.63, 3.8) is 0 Å². The van der Waals surface area contributed by atoms with E-state index in [1.165, 1.54) is 11.3 Å². The van der Waals surface area contributed by atoms with Gasteiger partial charge in [0, 0.05) is 22.4 Å². The maximum Gasteiger partial charge on any atom is 0.328 e. The molecule has 6 heteroatoms. The number of aliphatic carboxylic acids is 1. The van der Waals surface area contributed by atoms with Gasteiger partial charge in [0.2, 0.25) is 5.91 Å². The minimum Gasteiger partial charge on any atom is -0.478 e. The maximum absolute atomic E-state index is 11.9. The van der Waals surface area contributed by atoms with E-state index in [0.717, 1.165) is 35.1 Å². The van der Waals surface area contributed by atoms with Gasteiger partial charge in [0.15, 0.2) is 0 Å². The summed E-state index contributed by atoms with van der Waals surface area (Å²) in [5, 5.41) is 11.4. The first kappa shape index (κ1) is 14.7. The fourth-order valence-electron chi connectivity index (χ4n) is 1.97. The van der Waals surface area contributed by atoms with Crippen LogP contribution in [0.25, 0.3) is 6.08 Å². The summed E-state index contributed by atoms with van der Waals surface area (Å²) in [6.45, 7) is 1.10. The first-order valence-electron chi connectivity index (χ1n) is 6.54. The van der Waals surface area contributed by atoms with Crippen LogP contribution in [0, 0.1) is 0 Å². The minimum atomic E-state index is -0.970. The molecule has 20 heavy (non-hydrogen) atoms. The molecule has 1 saturated heterocycles. The Morgan fingerprint density at radius 1 is 1.45 bits per heavy atom. The predicted octanol–water partition coefficient (Wildman–Crippen LogP) is 2.03. The second kappa shape index (κ2) is 7.21. The summed E-state index contributed by atoms with van der Waals surface area (Å²) in [6.07, 6.45) is 5.15. The monoisotopic (exact) mass is 295 g/mol. The standard InChI is InChI=1S/C14H17NO4S/c16-13(17)7-6-10-4-5-11(20-10)9-15-14(18)12-3-1-2-8-19-12/h4-7,12H,1-3,8-9H2,(H,15,18)(H,16,17). The van der Waals surface area contributed by atoms with Crippen LogP contribution in [0.2, 0.25) is 0 Å². The molecule has 1 aliphatic rings. The maximum atomic E-state index is 11.9. The van der Waals surface area contributed by atoms with Gasteiger partial charge in [-0.05, 0) is 37.5 Å². The molecule has 0 aliphatic carbocycles. The van der Waals surface area contributed by atoms with E-state index in [1.807, 2.05) is 12.1 Å². The molecule has 0 bridgehead atoms. The van der Waals surface area contributed by atoms with Crippen LogP contribution in [0.4, 0.5) is 0 Å². The quantitative estimate of drug-likeness (QED) is 0.815. The number of carboxylic acids is 1. The van der Waals surface area contributed by atoms with Gasteiger partial charge in [0.05, 0.1) is 6.54 Å². The van der Waals surface area contributed by atoms with E-state index in [4.69, 9.17) is 9.84 Å². The van der Waals surface area contributed by atoms with E-state index in [0.29, 0.717) is 13.2 Å². The molecule has 1 atom stereocenters. The van der Waals surface area contributed by atoms with Gasteiger partial charge in [0.25, 0.3) is 0 Å². The zero-order valence-corrected chi connectivity index (χ0v) is 11.8. The molecule has 1 amide bonds. The number of nitrogens with one attached hydrogen (secondary N) is 1. The van der Waals surface area contributed by atoms with E-state index in [-0.39, 0.29) is 12.0 Å². The molecule has 5 nitrogen and oxygen atoms in total. The molecule has 2 rings (SSSR count). The lowest BCUT2D eigenvalue weighted by Crippen LogP contribution is -2.37. The molecule has 108 valence electrons. The number of carbonyl (C=O) groups is 2. The highest BCUT2D eigenvalue weighted by Gasteiger charge is 2.21. The molecule has 2 heterocycles. The van der Waals surface area contributed by atoms with Crippen molar-refractivity contribution in [3.05, 3.63) is 28.0 Å². The Morgan fingerprint density at radius 3 is 3.00 bits per heavy atom. The van der Waals surface area contributed by atoms with Crippen molar-refractivity contribution in [2.45, 2.75) is 31.9 Å². The van der Waals surface area contributed by atoms with Crippen LogP contribution in [0.5, 0.6) is 0 Å². The van der Waals surface area contributed by atoms with Crippen LogP contribution in [0.1, 0.15) is 29.0 Å². The average molecular weight is 295 g/mol. The average Bonchev–Trinajstić information content (AvgIpc) is 2.91. The van der Waals surface area contributed by atoms with E-state index in [2.05, 4.69) is 5.32 Å². The second-order valence-electron chi connectivity index (χ2n) is 4.55. The summed E-state index contributed by atoms with van der Waals surface area (Å²) in [5.41, 5.74) is 0. The molecule has 1 unspecified atom stereocenters. The Balaban J connectivity index is 1.81. The van der Waals surface area contributed by atoms with E-state index in [9.17, 15) is 9.59 Å². The first-order valence-corrected chi connectivity index (χ1v) is 7.36. The number of thiophene rings is 1. The van der Waals surface area contributed by atoms with Crippen LogP contribution in [-0.2, 0) is 20.9 Å². The summed E-state index contributed by atoms with van der Waals surface area (Å²) in [4.78, 5) is 24.1. The lowest BCUT2D eigenvalue weighted by Gasteiger charge is -2.21. The number of hydrogen-bond donors (Lipinski definition) is 2. The van der Waals surface area contributed by atoms with E-state index in [1.54, 1.807) is 6.08 Å². The first-order chi connectivity index (χ1) is 9.65. The Labute approximate surface area is 121 Å². The zero-order chi connectivity index (χ0) is 14.4. The van der Waals surface area contributed by atoms with Gasteiger partial charge in [-0.1, -0.05) is 0 Å². The molecule has 0 aromatic carbocycles. The normalized spacial score (nSPS) is 19.1. The van der Waals surface area contributed by atoms with E-state index < -0.39 is 5.97 Å². The second-order valence-corrected chi connectivity index (χ2v) is 5.75. The Morgan fingerprint density at radius 2 is 2.30 bits per heavy atom. The van der Waals surface area contributed by atoms with Gasteiger partial charge in [-0.2, -0.15) is 0 Å². The number of carbonyl (C=O) groups excluding carboxylic acids is 1. The zero-order valence-electron chi connectivity index (χ0n) is 11.0. The van der Waals surface area contributed by atoms with Gasteiger partial charge in [-0.25, -0.2) is 4.79 Å². The topological polar surface area (TPSA) is 75.6 Å². The number of rotatable bonds is 5. The SMILES string of the molecule is O=C(O)C=Cc1ccc(CNC(=O)C2CCCCO2)s1. The summed E-state index contributed by atoms with van der Waals surface area (Å²) >= 11 is 1.46. The molecular formula is C14H17NO4S. The lowest BCUT2D eigenvalue weighted by atomic mass is 10.1. The van der Waals surface area contributed by atoms with Crippen molar-refractivity contribution in [1.29, 1.82) is 0 Å². The van der Waals surface area contributed by atoms with Gasteiger partial charge >= 0.3 is 5.97 Å². The molecule has 0 spiro atoms. The third-order valence-corrected chi connectivity index (χ3v) is 4.03. The van der Waals surface area contributed by atoms with Crippen molar-refractivity contribution in [1.82, 2.24) is 5.32 Å². The highest BCUT2D eigenvalue weighted by Crippen LogP contribution is 2.18. The molecule has 1 aromatic heterocycles. The number of ether oxygens (including phenoxy) is 1. The van der Waals surface area contributed by atoms with Crippen LogP contribution < -0.4 is 5.32 Å². The smallest absolute Gasteiger partial charge is 0.328 e. The highest BCUT2D eigenvalue weighted by atomic mass is 32.1. The Bertz CT molecular complexity index is 503. The molecule has 2 N–H and O–H groups in total. The van der Waals surface area contributed by atoms with Gasteiger partial charge < -0.3 is 15.2 Å². The number of amides is 1. The Kier molecular flexibility index (Phi) is 5.31. The minimum absolute atomic E-state index is 0.0688. The van der Waals surface area contributed by atoms with Crippen LogP contribution >= 0.6 is 11.3 Å². The summed E-state index contributed by atoms with van der Waals surface area (Å²) < 4.78 is 5.41.